The molecule has 2 aromatic carbocycles. The highest BCUT2D eigenvalue weighted by molar-refractivity contribution is 7.99. The van der Waals surface area contributed by atoms with Crippen LogP contribution in [-0.4, -0.2) is 31.5 Å². The molecule has 0 fully saturated rings. The lowest BCUT2D eigenvalue weighted by molar-refractivity contribution is 0.343. The number of aromatic nitrogens is 4. The van der Waals surface area contributed by atoms with Crippen LogP contribution < -0.4 is 10.3 Å². The van der Waals surface area contributed by atoms with Crippen LogP contribution in [0.2, 0.25) is 0 Å². The molecule has 4 rings (SSSR count). The molecule has 0 bridgehead atoms. The summed E-state index contributed by atoms with van der Waals surface area (Å²) in [5.74, 6) is 2.21. The van der Waals surface area contributed by atoms with Crippen molar-refractivity contribution in [2.24, 2.45) is 0 Å². The first-order chi connectivity index (χ1) is 14.2. The summed E-state index contributed by atoms with van der Waals surface area (Å²) in [5.41, 5.74) is 2.01. The summed E-state index contributed by atoms with van der Waals surface area (Å²) in [4.78, 5) is 13.0. The van der Waals surface area contributed by atoms with Gasteiger partial charge in [-0.1, -0.05) is 49.4 Å². The Morgan fingerprint density at radius 2 is 1.97 bits per heavy atom. The van der Waals surface area contributed by atoms with Gasteiger partial charge in [-0.2, -0.15) is 0 Å². The van der Waals surface area contributed by atoms with Crippen LogP contribution in [-0.2, 0) is 6.54 Å². The molecule has 150 valence electrons. The second kappa shape index (κ2) is 8.69. The zero-order chi connectivity index (χ0) is 20.2. The van der Waals surface area contributed by atoms with E-state index in [1.54, 1.807) is 16.3 Å². The van der Waals surface area contributed by atoms with Crippen molar-refractivity contribution in [3.05, 3.63) is 64.4 Å². The molecule has 0 saturated carbocycles. The van der Waals surface area contributed by atoms with E-state index in [2.05, 4.69) is 17.1 Å². The summed E-state index contributed by atoms with van der Waals surface area (Å²) < 4.78 is 9.58. The molecular weight excluding hydrogens is 384 g/mol. The van der Waals surface area contributed by atoms with Gasteiger partial charge >= 0.3 is 0 Å². The lowest BCUT2D eigenvalue weighted by Crippen LogP contribution is -2.23. The normalized spacial score (nSPS) is 11.4. The summed E-state index contributed by atoms with van der Waals surface area (Å²) >= 11 is 1.58. The molecule has 2 heterocycles. The molecule has 0 atom stereocenters. The minimum atomic E-state index is -0.00622. The Bertz CT molecular complexity index is 1200. The third-order valence-electron chi connectivity index (χ3n) is 4.79. The Morgan fingerprint density at radius 3 is 2.79 bits per heavy atom. The van der Waals surface area contributed by atoms with Crippen molar-refractivity contribution < 1.29 is 4.74 Å². The van der Waals surface area contributed by atoms with E-state index in [1.165, 1.54) is 5.56 Å². The number of thioether (sulfide) groups is 1. The number of unbranched alkanes of at least 4 members (excludes halogenated alkanes) is 1. The van der Waals surface area contributed by atoms with Gasteiger partial charge < -0.3 is 4.74 Å². The van der Waals surface area contributed by atoms with Crippen LogP contribution in [0.25, 0.3) is 16.7 Å². The highest BCUT2D eigenvalue weighted by atomic mass is 32.2. The van der Waals surface area contributed by atoms with E-state index in [9.17, 15) is 4.79 Å². The maximum atomic E-state index is 13.0. The molecule has 0 saturated heterocycles. The molecule has 29 heavy (non-hydrogen) atoms. The fraction of sp³-hybridized carbons (Fsp3) is 0.318. The standard InChI is InChI=1S/C22H24N4O2S/c1-3-4-12-25-20(27)18-10-5-6-11-19(18)26-21(25)23-24-22(26)29-14-13-28-17-9-7-8-16(2)15-17/h5-11,15H,3-4,12-14H2,1-2H3. The number of para-hydroxylation sites is 1. The summed E-state index contributed by atoms with van der Waals surface area (Å²) in [7, 11) is 0. The van der Waals surface area contributed by atoms with Crippen LogP contribution in [0.5, 0.6) is 5.75 Å². The summed E-state index contributed by atoms with van der Waals surface area (Å²) in [5, 5.41) is 10.2. The molecule has 0 radical (unpaired) electrons. The third-order valence-corrected chi connectivity index (χ3v) is 5.68. The van der Waals surface area contributed by atoms with E-state index in [-0.39, 0.29) is 5.56 Å². The van der Waals surface area contributed by atoms with Gasteiger partial charge in [-0.05, 0) is 43.2 Å². The number of nitrogens with zero attached hydrogens (tertiary/aromatic N) is 4. The van der Waals surface area contributed by atoms with E-state index < -0.39 is 0 Å². The van der Waals surface area contributed by atoms with E-state index in [0.717, 1.165) is 35.0 Å². The van der Waals surface area contributed by atoms with Gasteiger partial charge in [0.05, 0.1) is 17.5 Å². The van der Waals surface area contributed by atoms with Gasteiger partial charge in [-0.3, -0.25) is 13.8 Å². The number of hydrogen-bond donors (Lipinski definition) is 0. The van der Waals surface area contributed by atoms with E-state index in [1.807, 2.05) is 59.9 Å². The molecule has 4 aromatic rings. The van der Waals surface area contributed by atoms with Crippen molar-refractivity contribution >= 4 is 28.4 Å². The van der Waals surface area contributed by atoms with E-state index in [0.29, 0.717) is 24.3 Å². The maximum absolute atomic E-state index is 13.0. The van der Waals surface area contributed by atoms with Crippen LogP contribution in [0, 0.1) is 6.92 Å². The molecular formula is C22H24N4O2S. The Kier molecular flexibility index (Phi) is 5.85. The number of hydrogen-bond acceptors (Lipinski definition) is 5. The van der Waals surface area contributed by atoms with Crippen molar-refractivity contribution in [1.29, 1.82) is 0 Å². The number of benzene rings is 2. The first-order valence-electron chi connectivity index (χ1n) is 9.88. The predicted octanol–water partition coefficient (Wildman–Crippen LogP) is 4.32. The van der Waals surface area contributed by atoms with E-state index >= 15 is 0 Å². The van der Waals surface area contributed by atoms with E-state index in [4.69, 9.17) is 4.74 Å². The van der Waals surface area contributed by atoms with Crippen molar-refractivity contribution in [2.45, 2.75) is 38.4 Å². The minimum absolute atomic E-state index is 0.00622. The smallest absolute Gasteiger partial charge is 0.262 e. The maximum Gasteiger partial charge on any atom is 0.262 e. The SMILES string of the molecule is CCCCn1c(=O)c2ccccc2n2c(SCCOc3cccc(C)c3)nnc12. The fourth-order valence-corrected chi connectivity index (χ4v) is 4.10. The molecule has 0 spiro atoms. The lowest BCUT2D eigenvalue weighted by atomic mass is 10.2. The molecule has 0 amide bonds. The zero-order valence-electron chi connectivity index (χ0n) is 16.7. The molecule has 0 aliphatic rings. The summed E-state index contributed by atoms with van der Waals surface area (Å²) in [6.45, 7) is 5.37. The number of fused-ring (bicyclic) bond motifs is 3. The third kappa shape index (κ3) is 4.00. The summed E-state index contributed by atoms with van der Waals surface area (Å²) in [6.07, 6.45) is 1.94. The Labute approximate surface area is 173 Å². The predicted molar refractivity (Wildman–Crippen MR) is 117 cm³/mol. The number of aryl methyl sites for hydroxylation is 2. The van der Waals surface area contributed by atoms with Crippen LogP contribution in [0.3, 0.4) is 0 Å². The van der Waals surface area contributed by atoms with Crippen molar-refractivity contribution in [3.8, 4) is 5.75 Å². The lowest BCUT2D eigenvalue weighted by Gasteiger charge is -2.11. The van der Waals surface area contributed by atoms with Gasteiger partial charge in [0, 0.05) is 12.3 Å². The Balaban J connectivity index is 1.61. The molecule has 0 unspecified atom stereocenters. The second-order valence-corrected chi connectivity index (χ2v) is 8.02. The van der Waals surface area contributed by atoms with Crippen LogP contribution in [0.15, 0.2) is 58.5 Å². The average molecular weight is 409 g/mol. The van der Waals surface area contributed by atoms with Crippen LogP contribution >= 0.6 is 11.8 Å². The van der Waals surface area contributed by atoms with Gasteiger partial charge in [0.25, 0.3) is 5.56 Å². The zero-order valence-corrected chi connectivity index (χ0v) is 17.5. The van der Waals surface area contributed by atoms with Crippen LogP contribution in [0.1, 0.15) is 25.3 Å². The molecule has 0 N–H and O–H groups in total. The van der Waals surface area contributed by atoms with Gasteiger partial charge in [0.1, 0.15) is 5.75 Å². The molecule has 7 heteroatoms. The summed E-state index contributed by atoms with van der Waals surface area (Å²) in [6, 6.07) is 15.7. The molecule has 6 nitrogen and oxygen atoms in total. The monoisotopic (exact) mass is 408 g/mol. The minimum Gasteiger partial charge on any atom is -0.493 e. The van der Waals surface area contributed by atoms with Gasteiger partial charge in [0.2, 0.25) is 5.78 Å². The molecule has 0 aliphatic carbocycles. The highest BCUT2D eigenvalue weighted by Gasteiger charge is 2.16. The van der Waals surface area contributed by atoms with Gasteiger partial charge in [-0.25, -0.2) is 0 Å². The quantitative estimate of drug-likeness (QED) is 0.321. The topological polar surface area (TPSA) is 61.4 Å². The Hall–Kier alpha value is -2.80. The van der Waals surface area contributed by atoms with Crippen LogP contribution in [0.4, 0.5) is 0 Å². The fourth-order valence-electron chi connectivity index (χ4n) is 3.34. The molecule has 2 aromatic heterocycles. The average Bonchev–Trinajstić information content (AvgIpc) is 3.15. The van der Waals surface area contributed by atoms with Gasteiger partial charge in [0.15, 0.2) is 5.16 Å². The van der Waals surface area contributed by atoms with Gasteiger partial charge in [-0.15, -0.1) is 10.2 Å². The highest BCUT2D eigenvalue weighted by Crippen LogP contribution is 2.22. The first-order valence-corrected chi connectivity index (χ1v) is 10.9. The first kappa shape index (κ1) is 19.5. The number of rotatable bonds is 8. The van der Waals surface area contributed by atoms with Crippen molar-refractivity contribution in [1.82, 2.24) is 19.2 Å². The van der Waals surface area contributed by atoms with Crippen molar-refractivity contribution in [2.75, 3.05) is 12.4 Å². The number of ether oxygens (including phenoxy) is 1. The second-order valence-electron chi connectivity index (χ2n) is 6.96. The van der Waals surface area contributed by atoms with Crippen molar-refractivity contribution in [3.63, 3.8) is 0 Å². The Morgan fingerprint density at radius 1 is 1.10 bits per heavy atom. The molecule has 0 aliphatic heterocycles. The largest absolute Gasteiger partial charge is 0.493 e.